The zero-order valence-corrected chi connectivity index (χ0v) is 8.27. The van der Waals surface area contributed by atoms with E-state index in [4.69, 9.17) is 5.11 Å². The fraction of sp³-hybridized carbons (Fsp3) is 0.800. The van der Waals surface area contributed by atoms with Gasteiger partial charge in [-0.1, -0.05) is 0 Å². The average molecular weight is 197 g/mol. The van der Waals surface area contributed by atoms with E-state index in [0.717, 1.165) is 12.8 Å². The van der Waals surface area contributed by atoms with E-state index < -0.39 is 5.97 Å². The van der Waals surface area contributed by atoms with Crippen LogP contribution in [0, 0.1) is 11.8 Å². The lowest BCUT2D eigenvalue weighted by Crippen LogP contribution is -2.57. The number of fused-ring (bicyclic) bond motifs is 2. The number of carbonyl (C=O) groups excluding carboxylic acids is 1. The van der Waals surface area contributed by atoms with Gasteiger partial charge < -0.3 is 10.0 Å². The van der Waals surface area contributed by atoms with E-state index >= 15 is 0 Å². The van der Waals surface area contributed by atoms with Gasteiger partial charge in [-0.3, -0.25) is 9.59 Å². The molecule has 4 nitrogen and oxygen atoms in total. The Morgan fingerprint density at radius 2 is 2.07 bits per heavy atom. The van der Waals surface area contributed by atoms with Gasteiger partial charge in [0.25, 0.3) is 0 Å². The summed E-state index contributed by atoms with van der Waals surface area (Å²) in [5.41, 5.74) is 0. The second kappa shape index (κ2) is 3.26. The molecule has 0 aromatic carbocycles. The molecule has 1 amide bonds. The molecule has 1 atom stereocenters. The number of piperidine rings is 2. The molecule has 3 fully saturated rings. The Morgan fingerprint density at radius 3 is 2.57 bits per heavy atom. The summed E-state index contributed by atoms with van der Waals surface area (Å²) in [6.07, 6.45) is 2.23. The number of hydrogen-bond acceptors (Lipinski definition) is 2. The van der Waals surface area contributed by atoms with Crippen LogP contribution in [0.15, 0.2) is 0 Å². The van der Waals surface area contributed by atoms with Crippen molar-refractivity contribution in [3.63, 3.8) is 0 Å². The molecule has 4 heteroatoms. The second-order valence-electron chi connectivity index (χ2n) is 4.41. The highest BCUT2D eigenvalue weighted by atomic mass is 16.4. The van der Waals surface area contributed by atoms with Crippen LogP contribution in [-0.2, 0) is 9.59 Å². The fourth-order valence-corrected chi connectivity index (χ4v) is 2.66. The monoisotopic (exact) mass is 197 g/mol. The highest BCUT2D eigenvalue weighted by molar-refractivity contribution is 5.74. The van der Waals surface area contributed by atoms with E-state index in [9.17, 15) is 9.59 Å². The second-order valence-corrected chi connectivity index (χ2v) is 4.41. The minimum Gasteiger partial charge on any atom is -0.481 e. The van der Waals surface area contributed by atoms with Crippen LogP contribution in [0.2, 0.25) is 0 Å². The predicted octanol–water partition coefficient (Wildman–Crippen LogP) is 0.718. The molecule has 3 rings (SSSR count). The Bertz CT molecular complexity index is 271. The van der Waals surface area contributed by atoms with Crippen LogP contribution in [0.3, 0.4) is 0 Å². The summed E-state index contributed by atoms with van der Waals surface area (Å²) >= 11 is 0. The normalized spacial score (nSPS) is 34.9. The zero-order valence-electron chi connectivity index (χ0n) is 8.27. The number of carbonyl (C=O) groups is 2. The Labute approximate surface area is 82.9 Å². The summed E-state index contributed by atoms with van der Waals surface area (Å²) in [6.45, 7) is 2.22. The molecule has 78 valence electrons. The number of nitrogens with zero attached hydrogens (tertiary/aromatic N) is 1. The summed E-state index contributed by atoms with van der Waals surface area (Å²) in [6, 6.07) is 0.405. The molecule has 2 saturated heterocycles. The Hall–Kier alpha value is -1.06. The fourth-order valence-electron chi connectivity index (χ4n) is 2.66. The minimum absolute atomic E-state index is 0.0866. The molecule has 0 spiro atoms. The standard InChI is InChI=1S/C10H15NO3/c1-6(12)11-5-8(4-10(13)14)7-2-9(11)3-7/h7-9H,2-5H2,1H3,(H,13,14). The molecule has 2 heterocycles. The number of rotatable bonds is 2. The van der Waals surface area contributed by atoms with Crippen molar-refractivity contribution < 1.29 is 14.7 Å². The van der Waals surface area contributed by atoms with Crippen molar-refractivity contribution >= 4 is 11.9 Å². The molecule has 2 bridgehead atoms. The molecule has 0 aromatic rings. The minimum atomic E-state index is -0.746. The van der Waals surface area contributed by atoms with Crippen LogP contribution < -0.4 is 0 Å². The quantitative estimate of drug-likeness (QED) is 0.709. The molecule has 0 aromatic heterocycles. The first-order chi connectivity index (χ1) is 6.58. The van der Waals surface area contributed by atoms with Crippen LogP contribution in [0.1, 0.15) is 26.2 Å². The van der Waals surface area contributed by atoms with Gasteiger partial charge in [-0.15, -0.1) is 0 Å². The molecule has 1 unspecified atom stereocenters. The van der Waals surface area contributed by atoms with Gasteiger partial charge in [-0.2, -0.15) is 0 Å². The van der Waals surface area contributed by atoms with Gasteiger partial charge in [-0.05, 0) is 24.7 Å². The van der Waals surface area contributed by atoms with Gasteiger partial charge in [-0.25, -0.2) is 0 Å². The van der Waals surface area contributed by atoms with Crippen molar-refractivity contribution in [1.29, 1.82) is 0 Å². The van der Waals surface area contributed by atoms with Crippen molar-refractivity contribution in [3.05, 3.63) is 0 Å². The molecule has 14 heavy (non-hydrogen) atoms. The van der Waals surface area contributed by atoms with E-state index in [-0.39, 0.29) is 18.2 Å². The lowest BCUT2D eigenvalue weighted by atomic mass is 9.66. The lowest BCUT2D eigenvalue weighted by Gasteiger charge is -2.53. The molecule has 0 radical (unpaired) electrons. The first-order valence-electron chi connectivity index (χ1n) is 5.07. The van der Waals surface area contributed by atoms with Gasteiger partial charge in [0.2, 0.25) is 5.91 Å². The number of carboxylic acids is 1. The van der Waals surface area contributed by atoms with Gasteiger partial charge in [0, 0.05) is 19.5 Å². The molecular weight excluding hydrogens is 182 g/mol. The van der Waals surface area contributed by atoms with E-state index in [1.54, 1.807) is 6.92 Å². The van der Waals surface area contributed by atoms with Crippen LogP contribution >= 0.6 is 0 Å². The third-order valence-corrected chi connectivity index (χ3v) is 3.53. The zero-order chi connectivity index (χ0) is 10.3. The van der Waals surface area contributed by atoms with Crippen LogP contribution in [0.4, 0.5) is 0 Å². The van der Waals surface area contributed by atoms with Crippen molar-refractivity contribution in [2.45, 2.75) is 32.2 Å². The summed E-state index contributed by atoms with van der Waals surface area (Å²) in [5.74, 6) is 0.0699. The van der Waals surface area contributed by atoms with E-state index in [1.807, 2.05) is 4.90 Å². The summed E-state index contributed by atoms with van der Waals surface area (Å²) in [4.78, 5) is 23.7. The Balaban J connectivity index is 2.00. The maximum Gasteiger partial charge on any atom is 0.303 e. The lowest BCUT2D eigenvalue weighted by molar-refractivity contribution is -0.149. The van der Waals surface area contributed by atoms with Gasteiger partial charge in [0.1, 0.15) is 0 Å². The number of carboxylic acid groups (broad SMARTS) is 1. The van der Waals surface area contributed by atoms with Crippen LogP contribution in [0.5, 0.6) is 0 Å². The van der Waals surface area contributed by atoms with Crippen molar-refractivity contribution in [2.75, 3.05) is 6.54 Å². The van der Waals surface area contributed by atoms with Gasteiger partial charge in [0.15, 0.2) is 0 Å². The first-order valence-corrected chi connectivity index (χ1v) is 5.07. The third-order valence-electron chi connectivity index (χ3n) is 3.53. The van der Waals surface area contributed by atoms with E-state index in [1.165, 1.54) is 0 Å². The molecule has 1 aliphatic carbocycles. The van der Waals surface area contributed by atoms with E-state index in [0.29, 0.717) is 18.5 Å². The summed E-state index contributed by atoms with van der Waals surface area (Å²) in [7, 11) is 0. The van der Waals surface area contributed by atoms with Crippen LogP contribution in [-0.4, -0.2) is 34.5 Å². The Morgan fingerprint density at radius 1 is 1.43 bits per heavy atom. The number of hydrogen-bond donors (Lipinski definition) is 1. The largest absolute Gasteiger partial charge is 0.481 e. The molecule has 2 aliphatic heterocycles. The van der Waals surface area contributed by atoms with Gasteiger partial charge in [0.05, 0.1) is 6.42 Å². The SMILES string of the molecule is CC(=O)N1CC(CC(=O)O)C2CC1C2. The summed E-state index contributed by atoms with van der Waals surface area (Å²) in [5, 5.41) is 8.72. The molecule has 1 saturated carbocycles. The van der Waals surface area contributed by atoms with E-state index in [2.05, 4.69) is 0 Å². The molecule has 3 aliphatic rings. The molecule has 1 N–H and O–H groups in total. The number of amides is 1. The molecular formula is C10H15NO3. The van der Waals surface area contributed by atoms with Crippen molar-refractivity contribution in [1.82, 2.24) is 4.90 Å². The summed E-state index contributed by atoms with van der Waals surface area (Å²) < 4.78 is 0. The smallest absolute Gasteiger partial charge is 0.303 e. The highest BCUT2D eigenvalue weighted by Gasteiger charge is 2.45. The Kier molecular flexibility index (Phi) is 2.21. The van der Waals surface area contributed by atoms with Crippen molar-refractivity contribution in [3.8, 4) is 0 Å². The maximum absolute atomic E-state index is 11.2. The third kappa shape index (κ3) is 1.49. The topological polar surface area (TPSA) is 57.6 Å². The predicted molar refractivity (Wildman–Crippen MR) is 49.6 cm³/mol. The van der Waals surface area contributed by atoms with Crippen molar-refractivity contribution in [2.24, 2.45) is 11.8 Å². The first kappa shape index (κ1) is 9.49. The highest BCUT2D eigenvalue weighted by Crippen LogP contribution is 2.44. The van der Waals surface area contributed by atoms with Crippen LogP contribution in [0.25, 0.3) is 0 Å². The number of aliphatic carboxylic acids is 1. The maximum atomic E-state index is 11.2. The van der Waals surface area contributed by atoms with Gasteiger partial charge >= 0.3 is 5.97 Å². The average Bonchev–Trinajstić information content (AvgIpc) is 1.99.